The highest BCUT2D eigenvalue weighted by Gasteiger charge is 2.35. The van der Waals surface area contributed by atoms with Gasteiger partial charge in [-0.25, -0.2) is 12.8 Å². The molecule has 0 aromatic heterocycles. The maximum atomic E-state index is 15.3. The molecule has 1 atom stereocenters. The molecule has 4 rings (SSSR count). The van der Waals surface area contributed by atoms with Crippen LogP contribution in [0.4, 0.5) is 10.1 Å². The number of halogens is 1. The van der Waals surface area contributed by atoms with Gasteiger partial charge in [0.2, 0.25) is 11.8 Å². The second-order valence-corrected chi connectivity index (χ2v) is 13.4. The molecule has 0 bridgehead atoms. The van der Waals surface area contributed by atoms with Gasteiger partial charge in [0.05, 0.1) is 17.7 Å². The van der Waals surface area contributed by atoms with E-state index in [0.717, 1.165) is 21.5 Å². The first-order valence-electron chi connectivity index (χ1n) is 15.1. The molecule has 46 heavy (non-hydrogen) atoms. The lowest BCUT2D eigenvalue weighted by atomic mass is 10.0. The minimum Gasteiger partial charge on any atom is -0.497 e. The van der Waals surface area contributed by atoms with Crippen molar-refractivity contribution in [3.05, 3.63) is 126 Å². The lowest BCUT2D eigenvalue weighted by molar-refractivity contribution is -0.140. The number of amides is 2. The number of rotatable bonds is 14. The van der Waals surface area contributed by atoms with E-state index in [-0.39, 0.29) is 35.4 Å². The molecule has 0 aliphatic heterocycles. The number of hydrogen-bond acceptors (Lipinski definition) is 5. The summed E-state index contributed by atoms with van der Waals surface area (Å²) in [5, 5.41) is 2.95. The molecular formula is C36H40FN3O5S. The number of para-hydroxylation sites is 1. The van der Waals surface area contributed by atoms with E-state index in [1.165, 1.54) is 42.3 Å². The summed E-state index contributed by atoms with van der Waals surface area (Å²) in [5.74, 6) is -1.15. The van der Waals surface area contributed by atoms with Crippen LogP contribution in [0, 0.1) is 18.7 Å². The van der Waals surface area contributed by atoms with Gasteiger partial charge in [-0.1, -0.05) is 86.1 Å². The van der Waals surface area contributed by atoms with Crippen LogP contribution in [0.2, 0.25) is 0 Å². The lowest BCUT2D eigenvalue weighted by Gasteiger charge is -2.34. The minimum absolute atomic E-state index is 0.0294. The maximum absolute atomic E-state index is 15.3. The average Bonchev–Trinajstić information content (AvgIpc) is 3.05. The molecule has 0 spiro atoms. The summed E-state index contributed by atoms with van der Waals surface area (Å²) in [5.41, 5.74) is 2.05. The van der Waals surface area contributed by atoms with Gasteiger partial charge in [0.25, 0.3) is 10.0 Å². The minimum atomic E-state index is -4.41. The molecule has 0 radical (unpaired) electrons. The molecule has 0 saturated carbocycles. The molecule has 0 saturated heterocycles. The van der Waals surface area contributed by atoms with Crippen molar-refractivity contribution in [2.75, 3.05) is 24.5 Å². The van der Waals surface area contributed by atoms with Crippen molar-refractivity contribution in [1.29, 1.82) is 0 Å². The first-order valence-corrected chi connectivity index (χ1v) is 16.5. The number of nitrogens with zero attached hydrogens (tertiary/aromatic N) is 2. The zero-order chi connectivity index (χ0) is 33.3. The van der Waals surface area contributed by atoms with Gasteiger partial charge in [-0.2, -0.15) is 0 Å². The smallest absolute Gasteiger partial charge is 0.264 e. The number of anilines is 1. The third kappa shape index (κ3) is 8.72. The van der Waals surface area contributed by atoms with E-state index in [2.05, 4.69) is 5.32 Å². The van der Waals surface area contributed by atoms with Crippen LogP contribution in [0.25, 0.3) is 0 Å². The number of nitrogens with one attached hydrogen (secondary N) is 1. The number of hydrogen-bond donors (Lipinski definition) is 1. The largest absolute Gasteiger partial charge is 0.497 e. The molecule has 0 aliphatic carbocycles. The van der Waals surface area contributed by atoms with Crippen molar-refractivity contribution in [3.63, 3.8) is 0 Å². The Morgan fingerprint density at radius 3 is 2.17 bits per heavy atom. The summed E-state index contributed by atoms with van der Waals surface area (Å²) in [7, 11) is -2.88. The Hall–Kier alpha value is -4.70. The summed E-state index contributed by atoms with van der Waals surface area (Å²) in [6.07, 6.45) is 0.172. The summed E-state index contributed by atoms with van der Waals surface area (Å²) < 4.78 is 49.6. The molecule has 8 nitrogen and oxygen atoms in total. The van der Waals surface area contributed by atoms with Gasteiger partial charge in [-0.15, -0.1) is 0 Å². The van der Waals surface area contributed by atoms with Crippen molar-refractivity contribution in [1.82, 2.24) is 10.2 Å². The fraction of sp³-hybridized carbons (Fsp3) is 0.278. The third-order valence-corrected chi connectivity index (χ3v) is 9.23. The number of ether oxygens (including phenoxy) is 1. The summed E-state index contributed by atoms with van der Waals surface area (Å²) in [6, 6.07) is 26.9. The molecule has 2 amide bonds. The first-order chi connectivity index (χ1) is 22.0. The number of carbonyl (C=O) groups excluding carboxylic acids is 2. The second-order valence-electron chi connectivity index (χ2n) is 11.5. The summed E-state index contributed by atoms with van der Waals surface area (Å²) >= 11 is 0. The Bertz CT molecular complexity index is 1730. The van der Waals surface area contributed by atoms with E-state index in [0.29, 0.717) is 17.9 Å². The van der Waals surface area contributed by atoms with Crippen molar-refractivity contribution in [2.45, 2.75) is 44.7 Å². The van der Waals surface area contributed by atoms with Crippen LogP contribution in [0.15, 0.2) is 108 Å². The Kier molecular flexibility index (Phi) is 11.5. The molecule has 242 valence electrons. The quantitative estimate of drug-likeness (QED) is 0.189. The highest BCUT2D eigenvalue weighted by atomic mass is 32.2. The van der Waals surface area contributed by atoms with Gasteiger partial charge in [0.15, 0.2) is 0 Å². The van der Waals surface area contributed by atoms with E-state index in [4.69, 9.17) is 4.74 Å². The monoisotopic (exact) mass is 645 g/mol. The van der Waals surface area contributed by atoms with E-state index >= 15 is 4.39 Å². The van der Waals surface area contributed by atoms with Gasteiger partial charge >= 0.3 is 0 Å². The van der Waals surface area contributed by atoms with Crippen molar-refractivity contribution >= 4 is 27.5 Å². The van der Waals surface area contributed by atoms with Gasteiger partial charge in [0, 0.05) is 19.5 Å². The van der Waals surface area contributed by atoms with E-state index in [9.17, 15) is 18.0 Å². The second kappa shape index (κ2) is 15.5. The van der Waals surface area contributed by atoms with Crippen LogP contribution in [-0.2, 0) is 32.6 Å². The predicted octanol–water partition coefficient (Wildman–Crippen LogP) is 5.75. The Morgan fingerprint density at radius 2 is 1.52 bits per heavy atom. The molecule has 1 unspecified atom stereocenters. The van der Waals surface area contributed by atoms with Crippen LogP contribution in [0.3, 0.4) is 0 Å². The van der Waals surface area contributed by atoms with Crippen LogP contribution >= 0.6 is 0 Å². The molecular weight excluding hydrogens is 605 g/mol. The van der Waals surface area contributed by atoms with Crippen molar-refractivity contribution in [3.8, 4) is 5.75 Å². The standard InChI is InChI=1S/C36H40FN3O5S/c1-26(2)23-38-36(42)34(22-28-11-6-5-7-12-28)39(24-29-13-10-14-30(21-29)45-4)35(41)25-40(33-16-9-8-15-32(33)37)46(43,44)31-19-17-27(3)18-20-31/h5-21,26,34H,22-25H2,1-4H3,(H,38,42). The van der Waals surface area contributed by atoms with Crippen molar-refractivity contribution < 1.29 is 27.1 Å². The SMILES string of the molecule is COc1cccc(CN(C(=O)CN(c2ccccc2F)S(=O)(=O)c2ccc(C)cc2)C(Cc2ccccc2)C(=O)NCC(C)C)c1. The van der Waals surface area contributed by atoms with Crippen LogP contribution < -0.4 is 14.4 Å². The van der Waals surface area contributed by atoms with Crippen LogP contribution in [0.5, 0.6) is 5.75 Å². The molecule has 1 N–H and O–H groups in total. The number of carbonyl (C=O) groups is 2. The average molecular weight is 646 g/mol. The molecule has 4 aromatic rings. The summed E-state index contributed by atoms with van der Waals surface area (Å²) in [4.78, 5) is 29.6. The first kappa shape index (κ1) is 34.2. The Balaban J connectivity index is 1.82. The lowest BCUT2D eigenvalue weighted by Crippen LogP contribution is -2.53. The Labute approximate surface area is 270 Å². The zero-order valence-corrected chi connectivity index (χ0v) is 27.3. The summed E-state index contributed by atoms with van der Waals surface area (Å²) in [6.45, 7) is 5.36. The highest BCUT2D eigenvalue weighted by molar-refractivity contribution is 7.92. The number of aryl methyl sites for hydroxylation is 1. The fourth-order valence-electron chi connectivity index (χ4n) is 4.95. The number of benzene rings is 4. The van der Waals surface area contributed by atoms with Gasteiger partial charge in [0.1, 0.15) is 24.2 Å². The molecule has 4 aromatic carbocycles. The molecule has 10 heteroatoms. The van der Waals surface area contributed by atoms with E-state index in [1.54, 1.807) is 36.4 Å². The van der Waals surface area contributed by atoms with Crippen molar-refractivity contribution in [2.24, 2.45) is 5.92 Å². The number of sulfonamides is 1. The van der Waals surface area contributed by atoms with Gasteiger partial charge < -0.3 is 15.0 Å². The zero-order valence-electron chi connectivity index (χ0n) is 26.5. The molecule has 0 aliphatic rings. The van der Waals surface area contributed by atoms with Crippen LogP contribution in [0.1, 0.15) is 30.5 Å². The predicted molar refractivity (Wildman–Crippen MR) is 177 cm³/mol. The molecule has 0 heterocycles. The molecule has 0 fully saturated rings. The van der Waals surface area contributed by atoms with Crippen LogP contribution in [-0.4, -0.2) is 51.4 Å². The normalized spacial score (nSPS) is 12.0. The fourth-order valence-corrected chi connectivity index (χ4v) is 6.37. The highest BCUT2D eigenvalue weighted by Crippen LogP contribution is 2.28. The topological polar surface area (TPSA) is 96.0 Å². The van der Waals surface area contributed by atoms with E-state index < -0.39 is 34.3 Å². The van der Waals surface area contributed by atoms with E-state index in [1.807, 2.05) is 51.1 Å². The van der Waals surface area contributed by atoms with Gasteiger partial charge in [-0.3, -0.25) is 13.9 Å². The number of methoxy groups -OCH3 is 1. The maximum Gasteiger partial charge on any atom is 0.264 e. The Morgan fingerprint density at radius 1 is 0.870 bits per heavy atom. The van der Waals surface area contributed by atoms with Gasteiger partial charge in [-0.05, 0) is 60.4 Å². The third-order valence-electron chi connectivity index (χ3n) is 7.45.